The van der Waals surface area contributed by atoms with E-state index < -0.39 is 0 Å². The fraction of sp³-hybridized carbons (Fsp3) is 1.00. The van der Waals surface area contributed by atoms with Crippen LogP contribution in [0.2, 0.25) is 0 Å². The summed E-state index contributed by atoms with van der Waals surface area (Å²) in [6.07, 6.45) is 10.5. The smallest absolute Gasteiger partial charge is 0.0165 e. The standard InChI is InChI=1S/C22H46/c1-11-17-20(8,15-5)22(10,19(7,13-3)14-4)21(9,16-6)18-12-2/h11-18H2,1-10H3. The van der Waals surface area contributed by atoms with Crippen LogP contribution in [0.4, 0.5) is 0 Å². The largest absolute Gasteiger partial charge is 0.0654 e. The first-order chi connectivity index (χ1) is 10.1. The molecule has 0 saturated carbocycles. The van der Waals surface area contributed by atoms with Gasteiger partial charge in [0, 0.05) is 0 Å². The minimum absolute atomic E-state index is 0.367. The molecule has 0 aromatic heterocycles. The highest BCUT2D eigenvalue weighted by atomic mass is 14.6. The van der Waals surface area contributed by atoms with Gasteiger partial charge in [-0.05, 0) is 34.5 Å². The van der Waals surface area contributed by atoms with Crippen molar-refractivity contribution in [3.05, 3.63) is 0 Å². The van der Waals surface area contributed by atoms with E-state index in [1.807, 2.05) is 0 Å². The van der Waals surface area contributed by atoms with E-state index in [0.717, 1.165) is 0 Å². The molecule has 0 heteroatoms. The summed E-state index contributed by atoms with van der Waals surface area (Å²) in [7, 11) is 0. The van der Waals surface area contributed by atoms with Gasteiger partial charge in [0.25, 0.3) is 0 Å². The van der Waals surface area contributed by atoms with E-state index in [-0.39, 0.29) is 0 Å². The van der Waals surface area contributed by atoms with Crippen LogP contribution in [0, 0.1) is 21.7 Å². The van der Waals surface area contributed by atoms with E-state index in [9.17, 15) is 0 Å². The summed E-state index contributed by atoms with van der Waals surface area (Å²) in [4.78, 5) is 0. The predicted molar refractivity (Wildman–Crippen MR) is 103 cm³/mol. The lowest BCUT2D eigenvalue weighted by Gasteiger charge is -2.65. The maximum Gasteiger partial charge on any atom is -0.0165 e. The minimum Gasteiger partial charge on any atom is -0.0654 e. The molecule has 0 N–H and O–H groups in total. The van der Waals surface area contributed by atoms with Crippen LogP contribution in [0.15, 0.2) is 0 Å². The van der Waals surface area contributed by atoms with Gasteiger partial charge in [0.2, 0.25) is 0 Å². The zero-order chi connectivity index (χ0) is 17.7. The molecule has 0 amide bonds. The number of hydrogen-bond donors (Lipinski definition) is 0. The van der Waals surface area contributed by atoms with Gasteiger partial charge in [-0.25, -0.2) is 0 Å². The molecule has 134 valence electrons. The Balaban J connectivity index is 6.42. The molecule has 0 aromatic rings. The lowest BCUT2D eigenvalue weighted by molar-refractivity contribution is -0.166. The van der Waals surface area contributed by atoms with Gasteiger partial charge in [0.1, 0.15) is 0 Å². The molecule has 0 saturated heterocycles. The van der Waals surface area contributed by atoms with Crippen molar-refractivity contribution < 1.29 is 0 Å². The molecule has 0 spiro atoms. The Morgan fingerprint density at radius 1 is 0.455 bits per heavy atom. The van der Waals surface area contributed by atoms with Crippen molar-refractivity contribution in [1.29, 1.82) is 0 Å². The molecule has 0 rings (SSSR count). The van der Waals surface area contributed by atoms with Crippen LogP contribution in [0.3, 0.4) is 0 Å². The topological polar surface area (TPSA) is 0 Å². The van der Waals surface area contributed by atoms with Gasteiger partial charge < -0.3 is 0 Å². The van der Waals surface area contributed by atoms with Gasteiger partial charge >= 0.3 is 0 Å². The highest BCUT2D eigenvalue weighted by molar-refractivity contribution is 5.09. The van der Waals surface area contributed by atoms with Gasteiger partial charge in [-0.2, -0.15) is 0 Å². The summed E-state index contributed by atoms with van der Waals surface area (Å²) in [6, 6.07) is 0. The molecule has 0 nitrogen and oxygen atoms in total. The van der Waals surface area contributed by atoms with E-state index >= 15 is 0 Å². The van der Waals surface area contributed by atoms with Crippen molar-refractivity contribution in [2.24, 2.45) is 21.7 Å². The normalized spacial score (nSPS) is 21.0. The summed E-state index contributed by atoms with van der Waals surface area (Å²) in [5.74, 6) is 0. The van der Waals surface area contributed by atoms with Gasteiger partial charge in [-0.3, -0.25) is 0 Å². The Morgan fingerprint density at radius 2 is 0.727 bits per heavy atom. The highest BCUT2D eigenvalue weighted by Crippen LogP contribution is 2.68. The van der Waals surface area contributed by atoms with E-state index in [1.165, 1.54) is 51.4 Å². The summed E-state index contributed by atoms with van der Waals surface area (Å²) >= 11 is 0. The Labute approximate surface area is 142 Å². The van der Waals surface area contributed by atoms with Crippen LogP contribution in [0.25, 0.3) is 0 Å². The molecule has 0 bridgehead atoms. The van der Waals surface area contributed by atoms with Crippen LogP contribution in [0.5, 0.6) is 0 Å². The monoisotopic (exact) mass is 310 g/mol. The molecule has 2 unspecified atom stereocenters. The first-order valence-corrected chi connectivity index (χ1v) is 10.1. The maximum absolute atomic E-state index is 2.66. The summed E-state index contributed by atoms with van der Waals surface area (Å²) in [6.45, 7) is 24.9. The molecule has 0 aromatic carbocycles. The fourth-order valence-electron chi connectivity index (χ4n) is 5.81. The second-order valence-electron chi connectivity index (χ2n) is 8.72. The van der Waals surface area contributed by atoms with E-state index in [2.05, 4.69) is 69.2 Å². The zero-order valence-corrected chi connectivity index (χ0v) is 17.7. The Morgan fingerprint density at radius 3 is 0.909 bits per heavy atom. The van der Waals surface area contributed by atoms with Crippen LogP contribution in [-0.2, 0) is 0 Å². The SMILES string of the molecule is CCCC(C)(CC)C(C)(C(C)(CC)CC)C(C)(CC)CCC. The average molecular weight is 311 g/mol. The first kappa shape index (κ1) is 22.0. The third-order valence-electron chi connectivity index (χ3n) is 8.35. The molecule has 2 atom stereocenters. The van der Waals surface area contributed by atoms with E-state index in [4.69, 9.17) is 0 Å². The van der Waals surface area contributed by atoms with Crippen molar-refractivity contribution in [2.75, 3.05) is 0 Å². The summed E-state index contributed by atoms with van der Waals surface area (Å²) in [5, 5.41) is 0. The second-order valence-corrected chi connectivity index (χ2v) is 8.72. The molecule has 0 fully saturated rings. The average Bonchev–Trinajstić information content (AvgIpc) is 2.53. The van der Waals surface area contributed by atoms with Crippen molar-refractivity contribution in [2.45, 2.75) is 121 Å². The van der Waals surface area contributed by atoms with E-state index in [1.54, 1.807) is 0 Å². The first-order valence-electron chi connectivity index (χ1n) is 10.1. The summed E-state index contributed by atoms with van der Waals surface area (Å²) in [5.41, 5.74) is 1.61. The van der Waals surface area contributed by atoms with Crippen LogP contribution in [0.1, 0.15) is 121 Å². The van der Waals surface area contributed by atoms with Gasteiger partial charge in [-0.15, -0.1) is 0 Å². The summed E-state index contributed by atoms with van der Waals surface area (Å²) < 4.78 is 0. The molecule has 0 aliphatic heterocycles. The fourth-order valence-corrected chi connectivity index (χ4v) is 5.81. The third-order valence-corrected chi connectivity index (χ3v) is 8.35. The number of hydrogen-bond acceptors (Lipinski definition) is 0. The lowest BCUT2D eigenvalue weighted by Crippen LogP contribution is -2.58. The predicted octanol–water partition coefficient (Wildman–Crippen LogP) is 8.25. The minimum atomic E-state index is 0.367. The lowest BCUT2D eigenvalue weighted by atomic mass is 9.39. The van der Waals surface area contributed by atoms with Crippen molar-refractivity contribution in [1.82, 2.24) is 0 Å². The molecular weight excluding hydrogens is 264 g/mol. The number of rotatable bonds is 11. The highest BCUT2D eigenvalue weighted by Gasteiger charge is 2.60. The molecule has 0 aliphatic carbocycles. The molecular formula is C22H46. The van der Waals surface area contributed by atoms with E-state index in [0.29, 0.717) is 21.7 Å². The molecule has 0 heterocycles. The van der Waals surface area contributed by atoms with Gasteiger partial charge in [-0.1, -0.05) is 108 Å². The van der Waals surface area contributed by atoms with Crippen molar-refractivity contribution >= 4 is 0 Å². The second kappa shape index (κ2) is 8.20. The van der Waals surface area contributed by atoms with Gasteiger partial charge in [0.05, 0.1) is 0 Å². The van der Waals surface area contributed by atoms with Crippen LogP contribution >= 0.6 is 0 Å². The zero-order valence-electron chi connectivity index (χ0n) is 17.7. The van der Waals surface area contributed by atoms with Crippen LogP contribution in [-0.4, -0.2) is 0 Å². The maximum atomic E-state index is 2.66. The quantitative estimate of drug-likeness (QED) is 0.360. The van der Waals surface area contributed by atoms with Crippen molar-refractivity contribution in [3.8, 4) is 0 Å². The third kappa shape index (κ3) is 3.27. The van der Waals surface area contributed by atoms with Gasteiger partial charge in [0.15, 0.2) is 0 Å². The Kier molecular flexibility index (Phi) is 8.20. The Hall–Kier alpha value is 0. The van der Waals surface area contributed by atoms with Crippen LogP contribution < -0.4 is 0 Å². The van der Waals surface area contributed by atoms with Crippen molar-refractivity contribution in [3.63, 3.8) is 0 Å². The molecule has 22 heavy (non-hydrogen) atoms. The molecule has 0 aliphatic rings. The Bertz CT molecular complexity index is 292. The molecule has 0 radical (unpaired) electrons.